The van der Waals surface area contributed by atoms with E-state index in [4.69, 9.17) is 15.0 Å². The molecule has 0 amide bonds. The summed E-state index contributed by atoms with van der Waals surface area (Å²) in [6.07, 6.45) is 2.58. The molecule has 0 saturated carbocycles. The van der Waals surface area contributed by atoms with Gasteiger partial charge in [-0.25, -0.2) is 15.0 Å². The van der Waals surface area contributed by atoms with Crippen molar-refractivity contribution in [2.75, 3.05) is 0 Å². The summed E-state index contributed by atoms with van der Waals surface area (Å²) < 4.78 is 3.64. The Hall–Kier alpha value is -3.54. The second-order valence-electron chi connectivity index (χ2n) is 8.18. The van der Waals surface area contributed by atoms with Crippen molar-refractivity contribution in [1.29, 1.82) is 0 Å². The minimum absolute atomic E-state index is 0.122. The molecule has 0 aliphatic carbocycles. The smallest absolute Gasteiger partial charge is 0.269 e. The van der Waals surface area contributed by atoms with Crippen LogP contribution in [0.5, 0.6) is 0 Å². The zero-order valence-corrected chi connectivity index (χ0v) is 17.3. The molecule has 0 saturated heterocycles. The lowest BCUT2D eigenvalue weighted by atomic mass is 10.1. The van der Waals surface area contributed by atoms with Crippen molar-refractivity contribution in [3.05, 3.63) is 70.8 Å². The molecule has 0 bridgehead atoms. The highest BCUT2D eigenvalue weighted by molar-refractivity contribution is 6.04. The van der Waals surface area contributed by atoms with E-state index in [9.17, 15) is 4.79 Å². The van der Waals surface area contributed by atoms with Crippen LogP contribution in [0.3, 0.4) is 0 Å². The second kappa shape index (κ2) is 7.06. The minimum atomic E-state index is -0.122. The summed E-state index contributed by atoms with van der Waals surface area (Å²) in [5.74, 6) is 0.526. The Labute approximate surface area is 173 Å². The predicted molar refractivity (Wildman–Crippen MR) is 120 cm³/mol. The van der Waals surface area contributed by atoms with Gasteiger partial charge in [-0.05, 0) is 49.1 Å². The SMILES string of the molecule is Cc1cccc(-n2cnc3c(c2=O)c2nc4ccccc4nc2n3CCC(C)C)c1. The maximum atomic E-state index is 13.6. The molecule has 0 unspecified atom stereocenters. The van der Waals surface area contributed by atoms with E-state index in [1.807, 2.05) is 60.0 Å². The summed E-state index contributed by atoms with van der Waals surface area (Å²) in [6.45, 7) is 7.13. The fraction of sp³-hybridized carbons (Fsp3) is 0.250. The van der Waals surface area contributed by atoms with Gasteiger partial charge in [-0.1, -0.05) is 38.1 Å². The van der Waals surface area contributed by atoms with Gasteiger partial charge in [0.2, 0.25) is 0 Å². The summed E-state index contributed by atoms with van der Waals surface area (Å²) in [5, 5.41) is 0.524. The van der Waals surface area contributed by atoms with E-state index < -0.39 is 0 Å². The number of fused-ring (bicyclic) bond motifs is 4. The molecule has 3 aromatic heterocycles. The van der Waals surface area contributed by atoms with Crippen LogP contribution >= 0.6 is 0 Å². The van der Waals surface area contributed by atoms with E-state index in [0.717, 1.165) is 40.9 Å². The first kappa shape index (κ1) is 18.5. The van der Waals surface area contributed by atoms with E-state index in [1.54, 1.807) is 10.9 Å². The average molecular weight is 397 g/mol. The van der Waals surface area contributed by atoms with Crippen LogP contribution in [0.2, 0.25) is 0 Å². The third kappa shape index (κ3) is 2.96. The molecule has 0 aliphatic heterocycles. The molecule has 0 N–H and O–H groups in total. The summed E-state index contributed by atoms with van der Waals surface area (Å²) in [6, 6.07) is 15.6. The number of para-hydroxylation sites is 2. The van der Waals surface area contributed by atoms with Crippen LogP contribution in [-0.2, 0) is 6.54 Å². The Morgan fingerprint density at radius 2 is 1.73 bits per heavy atom. The molecule has 0 aliphatic rings. The minimum Gasteiger partial charge on any atom is -0.308 e. The molecule has 6 heteroatoms. The third-order valence-electron chi connectivity index (χ3n) is 5.46. The molecule has 0 radical (unpaired) electrons. The summed E-state index contributed by atoms with van der Waals surface area (Å²) in [7, 11) is 0. The number of rotatable bonds is 4. The first-order valence-corrected chi connectivity index (χ1v) is 10.3. The normalized spacial score (nSPS) is 11.9. The lowest BCUT2D eigenvalue weighted by Crippen LogP contribution is -2.19. The van der Waals surface area contributed by atoms with Gasteiger partial charge in [0.1, 0.15) is 17.2 Å². The fourth-order valence-electron chi connectivity index (χ4n) is 3.87. The highest BCUT2D eigenvalue weighted by atomic mass is 16.1. The molecular weight excluding hydrogens is 374 g/mol. The number of nitrogens with zero attached hydrogens (tertiary/aromatic N) is 5. The van der Waals surface area contributed by atoms with Crippen LogP contribution in [-0.4, -0.2) is 24.1 Å². The van der Waals surface area contributed by atoms with Gasteiger partial charge in [-0.2, -0.15) is 0 Å². The zero-order chi connectivity index (χ0) is 20.8. The van der Waals surface area contributed by atoms with Crippen molar-refractivity contribution < 1.29 is 0 Å². The van der Waals surface area contributed by atoms with Gasteiger partial charge in [-0.3, -0.25) is 9.36 Å². The molecule has 3 heterocycles. The molecule has 5 rings (SSSR count). The van der Waals surface area contributed by atoms with Crippen LogP contribution in [0.15, 0.2) is 59.7 Å². The number of aryl methyl sites for hydroxylation is 2. The monoisotopic (exact) mass is 397 g/mol. The Balaban J connectivity index is 1.86. The summed E-state index contributed by atoms with van der Waals surface area (Å²) in [5.41, 5.74) is 5.34. The fourth-order valence-corrected chi connectivity index (χ4v) is 3.87. The zero-order valence-electron chi connectivity index (χ0n) is 17.3. The van der Waals surface area contributed by atoms with Crippen molar-refractivity contribution in [3.8, 4) is 5.69 Å². The lowest BCUT2D eigenvalue weighted by molar-refractivity contribution is 0.528. The van der Waals surface area contributed by atoms with Crippen LogP contribution < -0.4 is 5.56 Å². The average Bonchev–Trinajstić information content (AvgIpc) is 3.04. The molecule has 30 heavy (non-hydrogen) atoms. The largest absolute Gasteiger partial charge is 0.308 e. The number of aromatic nitrogens is 5. The molecule has 0 fully saturated rings. The topological polar surface area (TPSA) is 65.6 Å². The van der Waals surface area contributed by atoms with Crippen LogP contribution in [0, 0.1) is 12.8 Å². The highest BCUT2D eigenvalue weighted by Gasteiger charge is 2.20. The molecule has 6 nitrogen and oxygen atoms in total. The standard InChI is InChI=1S/C24H23N5O/c1-15(2)11-12-28-22-20(21-23(28)27-19-10-5-4-9-18(19)26-21)24(30)29(14-25-22)17-8-6-7-16(3)13-17/h4-10,13-15H,11-12H2,1-3H3. The maximum Gasteiger partial charge on any atom is 0.269 e. The molecule has 2 aromatic carbocycles. The van der Waals surface area contributed by atoms with E-state index in [0.29, 0.717) is 22.5 Å². The first-order valence-electron chi connectivity index (χ1n) is 10.3. The van der Waals surface area contributed by atoms with Crippen molar-refractivity contribution in [1.82, 2.24) is 24.1 Å². The van der Waals surface area contributed by atoms with Gasteiger partial charge in [0.25, 0.3) is 5.56 Å². The summed E-state index contributed by atoms with van der Waals surface area (Å²) in [4.78, 5) is 28.0. The molecule has 0 spiro atoms. The summed E-state index contributed by atoms with van der Waals surface area (Å²) >= 11 is 0. The highest BCUT2D eigenvalue weighted by Crippen LogP contribution is 2.26. The Morgan fingerprint density at radius 1 is 0.967 bits per heavy atom. The van der Waals surface area contributed by atoms with Crippen molar-refractivity contribution in [2.24, 2.45) is 5.92 Å². The quantitative estimate of drug-likeness (QED) is 0.443. The van der Waals surface area contributed by atoms with Gasteiger partial charge in [-0.15, -0.1) is 0 Å². The van der Waals surface area contributed by atoms with Crippen LogP contribution in [0.25, 0.3) is 38.9 Å². The Kier molecular flexibility index (Phi) is 4.35. The van der Waals surface area contributed by atoms with Crippen molar-refractivity contribution >= 4 is 33.2 Å². The second-order valence-corrected chi connectivity index (χ2v) is 8.18. The van der Waals surface area contributed by atoms with Crippen molar-refractivity contribution in [3.63, 3.8) is 0 Å². The maximum absolute atomic E-state index is 13.6. The molecular formula is C24H23N5O. The molecule has 0 atom stereocenters. The first-order chi connectivity index (χ1) is 14.5. The van der Waals surface area contributed by atoms with E-state index >= 15 is 0 Å². The van der Waals surface area contributed by atoms with E-state index in [1.165, 1.54) is 0 Å². The third-order valence-corrected chi connectivity index (χ3v) is 5.46. The number of hydrogen-bond donors (Lipinski definition) is 0. The van der Waals surface area contributed by atoms with E-state index in [-0.39, 0.29) is 5.56 Å². The van der Waals surface area contributed by atoms with Gasteiger partial charge >= 0.3 is 0 Å². The van der Waals surface area contributed by atoms with E-state index in [2.05, 4.69) is 13.8 Å². The predicted octanol–water partition coefficient (Wildman–Crippen LogP) is 4.64. The Bertz CT molecular complexity index is 1460. The number of benzene rings is 2. The lowest BCUT2D eigenvalue weighted by Gasteiger charge is -2.09. The molecule has 150 valence electrons. The van der Waals surface area contributed by atoms with Gasteiger partial charge in [0, 0.05) is 6.54 Å². The van der Waals surface area contributed by atoms with Gasteiger partial charge in [0.15, 0.2) is 11.3 Å². The van der Waals surface area contributed by atoms with Crippen LogP contribution in [0.4, 0.5) is 0 Å². The van der Waals surface area contributed by atoms with Crippen molar-refractivity contribution in [2.45, 2.75) is 33.7 Å². The van der Waals surface area contributed by atoms with Crippen LogP contribution in [0.1, 0.15) is 25.8 Å². The Morgan fingerprint density at radius 3 is 2.47 bits per heavy atom. The van der Waals surface area contributed by atoms with Gasteiger partial charge in [0.05, 0.1) is 16.7 Å². The molecule has 5 aromatic rings. The van der Waals surface area contributed by atoms with Gasteiger partial charge < -0.3 is 4.57 Å². The number of hydrogen-bond acceptors (Lipinski definition) is 4.